The summed E-state index contributed by atoms with van der Waals surface area (Å²) in [5.74, 6) is -4.47. The van der Waals surface area contributed by atoms with Gasteiger partial charge in [0.1, 0.15) is 17.4 Å². The number of likely N-dealkylation sites (tertiary alicyclic amines) is 1. The first kappa shape index (κ1) is 31.4. The Morgan fingerprint density at radius 2 is 1.60 bits per heavy atom. The van der Waals surface area contributed by atoms with Crippen LogP contribution in [-0.2, 0) is 20.5 Å². The van der Waals surface area contributed by atoms with Crippen molar-refractivity contribution in [3.05, 3.63) is 65.0 Å². The number of amides is 5. The molecule has 2 fully saturated rings. The molecule has 2 aliphatic heterocycles. The van der Waals surface area contributed by atoms with Crippen molar-refractivity contribution in [2.75, 3.05) is 32.1 Å². The molecule has 0 aliphatic carbocycles. The number of ether oxygens (including phenoxy) is 1. The highest BCUT2D eigenvalue weighted by Crippen LogP contribution is 2.40. The number of carbonyl (C=O) groups is 5. The molecule has 0 saturated carbocycles. The molecule has 10 nitrogen and oxygen atoms in total. The van der Waals surface area contributed by atoms with Gasteiger partial charge in [-0.1, -0.05) is 13.8 Å². The lowest BCUT2D eigenvalue weighted by molar-refractivity contribution is -0.139. The van der Waals surface area contributed by atoms with E-state index in [2.05, 4.69) is 5.32 Å². The van der Waals surface area contributed by atoms with Gasteiger partial charge in [0.15, 0.2) is 0 Å². The number of imide groups is 1. The summed E-state index contributed by atoms with van der Waals surface area (Å²) in [5.41, 5.74) is -2.76. The minimum Gasteiger partial charge on any atom is -0.465 e. The molecule has 2 aromatic rings. The van der Waals surface area contributed by atoms with Crippen LogP contribution in [0.1, 0.15) is 53.0 Å². The first-order valence-corrected chi connectivity index (χ1v) is 13.4. The second-order valence-electron chi connectivity index (χ2n) is 10.8. The van der Waals surface area contributed by atoms with Crippen LogP contribution in [0.25, 0.3) is 0 Å². The minimum atomic E-state index is -4.80. The summed E-state index contributed by atoms with van der Waals surface area (Å²) in [6, 6.07) is 5.64. The SMILES string of the molecule is COC(=O)c1ccc(N2C(=O)N(C)C(=O)C23CCN(C(=O)C(NC(=O)c2cc(C(F)(F)F)ccc2F)C(C)C)CC3)cc1. The summed E-state index contributed by atoms with van der Waals surface area (Å²) in [7, 11) is 2.58. The van der Waals surface area contributed by atoms with E-state index in [1.165, 1.54) is 48.2 Å². The zero-order valence-corrected chi connectivity index (χ0v) is 23.8. The quantitative estimate of drug-likeness (QED) is 0.304. The second-order valence-corrected chi connectivity index (χ2v) is 10.8. The number of benzene rings is 2. The van der Waals surface area contributed by atoms with Crippen molar-refractivity contribution in [1.29, 1.82) is 0 Å². The zero-order chi connectivity index (χ0) is 31.9. The van der Waals surface area contributed by atoms with Crippen LogP contribution in [0.15, 0.2) is 42.5 Å². The lowest BCUT2D eigenvalue weighted by Crippen LogP contribution is -2.60. The van der Waals surface area contributed by atoms with E-state index >= 15 is 0 Å². The molecule has 2 saturated heterocycles. The Balaban J connectivity index is 1.53. The van der Waals surface area contributed by atoms with Gasteiger partial charge >= 0.3 is 18.2 Å². The van der Waals surface area contributed by atoms with Gasteiger partial charge in [-0.15, -0.1) is 0 Å². The van der Waals surface area contributed by atoms with E-state index in [-0.39, 0.29) is 31.5 Å². The van der Waals surface area contributed by atoms with Crippen molar-refractivity contribution in [2.24, 2.45) is 5.92 Å². The number of rotatable bonds is 6. The molecule has 1 N–H and O–H groups in total. The van der Waals surface area contributed by atoms with Crippen LogP contribution >= 0.6 is 0 Å². The van der Waals surface area contributed by atoms with Gasteiger partial charge in [-0.05, 0) is 61.2 Å². The fraction of sp³-hybridized carbons (Fsp3) is 0.414. The van der Waals surface area contributed by atoms with Gasteiger partial charge in [0.05, 0.1) is 23.8 Å². The number of methoxy groups -OCH3 is 1. The molecule has 0 radical (unpaired) electrons. The van der Waals surface area contributed by atoms with Gasteiger partial charge in [0.25, 0.3) is 11.8 Å². The molecule has 230 valence electrons. The molecule has 0 aromatic heterocycles. The summed E-state index contributed by atoms with van der Waals surface area (Å²) in [6.45, 7) is 3.26. The fourth-order valence-electron chi connectivity index (χ4n) is 5.39. The third-order valence-electron chi connectivity index (χ3n) is 7.82. The zero-order valence-electron chi connectivity index (χ0n) is 23.8. The summed E-state index contributed by atoms with van der Waals surface area (Å²) in [4.78, 5) is 68.5. The Hall–Kier alpha value is -4.49. The third kappa shape index (κ3) is 5.77. The Morgan fingerprint density at radius 3 is 2.14 bits per heavy atom. The van der Waals surface area contributed by atoms with Gasteiger partial charge in [0.2, 0.25) is 5.91 Å². The molecule has 0 bridgehead atoms. The van der Waals surface area contributed by atoms with E-state index in [4.69, 9.17) is 4.74 Å². The van der Waals surface area contributed by atoms with Gasteiger partial charge in [-0.25, -0.2) is 14.0 Å². The number of alkyl halides is 3. The first-order valence-electron chi connectivity index (χ1n) is 13.4. The molecule has 1 unspecified atom stereocenters. The molecule has 1 spiro atoms. The number of esters is 1. The van der Waals surface area contributed by atoms with Crippen LogP contribution in [-0.4, -0.2) is 78.3 Å². The Kier molecular flexibility index (Phi) is 8.52. The first-order chi connectivity index (χ1) is 20.1. The van der Waals surface area contributed by atoms with Gasteiger partial charge in [-0.3, -0.25) is 24.2 Å². The molecule has 2 aliphatic rings. The van der Waals surface area contributed by atoms with Crippen molar-refractivity contribution >= 4 is 35.4 Å². The summed E-state index contributed by atoms with van der Waals surface area (Å²) in [6.07, 6.45) is -4.70. The molecule has 5 amide bonds. The number of nitrogens with zero attached hydrogens (tertiary/aromatic N) is 3. The number of carbonyl (C=O) groups excluding carboxylic acids is 5. The standard InChI is InChI=1S/C29H30F4N4O6/c1-16(2)22(34-23(38)20-15-18(29(31,32)33)7-10-21(20)30)24(39)36-13-11-28(12-14-36)26(41)35(3)27(42)37(28)19-8-5-17(6-9-19)25(40)43-4/h5-10,15-16,22H,11-14H2,1-4H3,(H,34,38). The van der Waals surface area contributed by atoms with Gasteiger partial charge in [0, 0.05) is 25.8 Å². The predicted octanol–water partition coefficient (Wildman–Crippen LogP) is 3.85. The predicted molar refractivity (Wildman–Crippen MR) is 144 cm³/mol. The number of piperidine rings is 1. The van der Waals surface area contributed by atoms with E-state index < -0.39 is 70.3 Å². The van der Waals surface area contributed by atoms with E-state index in [0.29, 0.717) is 23.9 Å². The van der Waals surface area contributed by atoms with Crippen molar-refractivity contribution < 1.29 is 46.3 Å². The third-order valence-corrected chi connectivity index (χ3v) is 7.82. The molecule has 2 heterocycles. The monoisotopic (exact) mass is 606 g/mol. The molecule has 4 rings (SSSR count). The molecule has 14 heteroatoms. The van der Waals surface area contributed by atoms with E-state index in [0.717, 1.165) is 4.90 Å². The van der Waals surface area contributed by atoms with E-state index in [9.17, 15) is 41.5 Å². The van der Waals surface area contributed by atoms with E-state index in [1.807, 2.05) is 0 Å². The summed E-state index contributed by atoms with van der Waals surface area (Å²) in [5, 5.41) is 2.37. The molecular formula is C29H30F4N4O6. The van der Waals surface area contributed by atoms with Crippen LogP contribution in [0.5, 0.6) is 0 Å². The van der Waals surface area contributed by atoms with Crippen LogP contribution in [0, 0.1) is 11.7 Å². The Labute approximate surface area is 244 Å². The maximum Gasteiger partial charge on any atom is 0.416 e. The largest absolute Gasteiger partial charge is 0.465 e. The maximum absolute atomic E-state index is 14.3. The van der Waals surface area contributed by atoms with Crippen LogP contribution in [0.4, 0.5) is 28.0 Å². The highest BCUT2D eigenvalue weighted by Gasteiger charge is 2.58. The molecular weight excluding hydrogens is 576 g/mol. The fourth-order valence-corrected chi connectivity index (χ4v) is 5.39. The average Bonchev–Trinajstić information content (AvgIpc) is 3.15. The normalized spacial score (nSPS) is 17.5. The smallest absolute Gasteiger partial charge is 0.416 e. The lowest BCUT2D eigenvalue weighted by Gasteiger charge is -2.43. The number of nitrogens with one attached hydrogen (secondary N) is 1. The number of hydrogen-bond acceptors (Lipinski definition) is 6. The van der Waals surface area contributed by atoms with Crippen molar-refractivity contribution in [2.45, 2.75) is 44.4 Å². The van der Waals surface area contributed by atoms with Crippen molar-refractivity contribution in [3.8, 4) is 0 Å². The van der Waals surface area contributed by atoms with Crippen LogP contribution in [0.3, 0.4) is 0 Å². The molecule has 1 atom stereocenters. The number of halogens is 4. The number of anilines is 1. The number of likely N-dealkylation sites (N-methyl/N-ethyl adjacent to an activating group) is 1. The maximum atomic E-state index is 14.3. The minimum absolute atomic E-state index is 0.0133. The Bertz CT molecular complexity index is 1450. The lowest BCUT2D eigenvalue weighted by atomic mass is 9.85. The topological polar surface area (TPSA) is 116 Å². The average molecular weight is 607 g/mol. The molecule has 2 aromatic carbocycles. The highest BCUT2D eigenvalue weighted by atomic mass is 19.4. The van der Waals surface area contributed by atoms with Gasteiger partial charge in [-0.2, -0.15) is 13.2 Å². The highest BCUT2D eigenvalue weighted by molar-refractivity contribution is 6.17. The number of urea groups is 1. The van der Waals surface area contributed by atoms with Crippen molar-refractivity contribution in [1.82, 2.24) is 15.1 Å². The summed E-state index contributed by atoms with van der Waals surface area (Å²) < 4.78 is 58.5. The van der Waals surface area contributed by atoms with E-state index in [1.54, 1.807) is 13.8 Å². The molecule has 43 heavy (non-hydrogen) atoms. The number of hydrogen-bond donors (Lipinski definition) is 1. The Morgan fingerprint density at radius 1 is 1.00 bits per heavy atom. The summed E-state index contributed by atoms with van der Waals surface area (Å²) >= 11 is 0. The van der Waals surface area contributed by atoms with Crippen LogP contribution in [0.2, 0.25) is 0 Å². The van der Waals surface area contributed by atoms with Crippen molar-refractivity contribution in [3.63, 3.8) is 0 Å². The van der Waals surface area contributed by atoms with Gasteiger partial charge < -0.3 is 15.0 Å². The van der Waals surface area contributed by atoms with Crippen LogP contribution < -0.4 is 10.2 Å². The second kappa shape index (κ2) is 11.7.